The lowest BCUT2D eigenvalue weighted by Crippen LogP contribution is -2.37. The lowest BCUT2D eigenvalue weighted by atomic mass is 10.1. The Labute approximate surface area is 138 Å². The summed E-state index contributed by atoms with van der Waals surface area (Å²) in [7, 11) is 0. The van der Waals surface area contributed by atoms with Crippen LogP contribution in [0.15, 0.2) is 22.7 Å². The van der Waals surface area contributed by atoms with Gasteiger partial charge in [0.1, 0.15) is 0 Å². The molecule has 2 aromatic rings. The van der Waals surface area contributed by atoms with Gasteiger partial charge in [0.2, 0.25) is 5.89 Å². The summed E-state index contributed by atoms with van der Waals surface area (Å²) in [4.78, 5) is 15.7. The minimum absolute atomic E-state index is 0.255. The van der Waals surface area contributed by atoms with Crippen molar-refractivity contribution in [3.63, 3.8) is 0 Å². The van der Waals surface area contributed by atoms with Crippen molar-refractivity contribution in [1.82, 2.24) is 20.8 Å². The molecule has 2 N–H and O–H groups in total. The number of carbonyl (C=O) groups is 1. The van der Waals surface area contributed by atoms with E-state index in [0.717, 1.165) is 5.56 Å². The van der Waals surface area contributed by atoms with Crippen LogP contribution in [0, 0.1) is 6.92 Å². The third kappa shape index (κ3) is 4.89. The van der Waals surface area contributed by atoms with Crippen molar-refractivity contribution in [2.75, 3.05) is 13.1 Å². The van der Waals surface area contributed by atoms with Crippen LogP contribution in [-0.2, 0) is 12.8 Å². The predicted molar refractivity (Wildman–Crippen MR) is 84.3 cm³/mol. The summed E-state index contributed by atoms with van der Waals surface area (Å²) in [5, 5.41) is 10.2. The molecule has 0 bridgehead atoms. The van der Waals surface area contributed by atoms with E-state index in [1.54, 1.807) is 13.0 Å². The molecule has 0 radical (unpaired) electrons. The zero-order valence-electron chi connectivity index (χ0n) is 12.0. The molecular formula is C14H16Cl2N4O2. The van der Waals surface area contributed by atoms with Gasteiger partial charge >= 0.3 is 6.03 Å². The van der Waals surface area contributed by atoms with E-state index in [1.807, 2.05) is 12.1 Å². The quantitative estimate of drug-likeness (QED) is 0.845. The fourth-order valence-corrected chi connectivity index (χ4v) is 2.25. The molecule has 0 aliphatic rings. The molecule has 118 valence electrons. The van der Waals surface area contributed by atoms with Gasteiger partial charge in [-0.3, -0.25) is 0 Å². The minimum Gasteiger partial charge on any atom is -0.339 e. The number of rotatable bonds is 6. The van der Waals surface area contributed by atoms with Gasteiger partial charge in [0.05, 0.1) is 10.0 Å². The number of aryl methyl sites for hydroxylation is 1. The Hall–Kier alpha value is -1.79. The molecule has 6 nitrogen and oxygen atoms in total. The molecule has 0 spiro atoms. The van der Waals surface area contributed by atoms with Gasteiger partial charge in [-0.05, 0) is 25.0 Å². The van der Waals surface area contributed by atoms with E-state index >= 15 is 0 Å². The molecular weight excluding hydrogens is 327 g/mol. The summed E-state index contributed by atoms with van der Waals surface area (Å²) in [6, 6.07) is 5.18. The van der Waals surface area contributed by atoms with Crippen LogP contribution in [0.2, 0.25) is 10.0 Å². The molecule has 0 atom stereocenters. The van der Waals surface area contributed by atoms with Crippen LogP contribution < -0.4 is 10.6 Å². The van der Waals surface area contributed by atoms with E-state index in [4.69, 9.17) is 27.7 Å². The average molecular weight is 343 g/mol. The summed E-state index contributed by atoms with van der Waals surface area (Å²) >= 11 is 12.0. The second kappa shape index (κ2) is 8.00. The van der Waals surface area contributed by atoms with Crippen molar-refractivity contribution in [3.8, 4) is 0 Å². The van der Waals surface area contributed by atoms with Gasteiger partial charge in [-0.1, -0.05) is 40.5 Å². The molecule has 0 saturated heterocycles. The first-order chi connectivity index (χ1) is 10.6. The first-order valence-electron chi connectivity index (χ1n) is 6.80. The SMILES string of the molecule is Cc1noc(CCNC(=O)NCCc2cccc(Cl)c2Cl)n1. The number of urea groups is 1. The fraction of sp³-hybridized carbons (Fsp3) is 0.357. The summed E-state index contributed by atoms with van der Waals surface area (Å²) in [5.41, 5.74) is 0.899. The molecule has 0 aliphatic carbocycles. The van der Waals surface area contributed by atoms with Crippen molar-refractivity contribution in [1.29, 1.82) is 0 Å². The summed E-state index contributed by atoms with van der Waals surface area (Å²) in [6.45, 7) is 2.63. The van der Waals surface area contributed by atoms with E-state index < -0.39 is 0 Å². The number of hydrogen-bond donors (Lipinski definition) is 2. The van der Waals surface area contributed by atoms with Crippen molar-refractivity contribution in [3.05, 3.63) is 45.5 Å². The maximum atomic E-state index is 11.6. The molecule has 0 fully saturated rings. The summed E-state index contributed by atoms with van der Waals surface area (Å²) < 4.78 is 4.95. The number of amides is 2. The number of carbonyl (C=O) groups excluding carboxylic acids is 1. The number of benzene rings is 1. The normalized spacial score (nSPS) is 10.5. The molecule has 2 rings (SSSR count). The van der Waals surface area contributed by atoms with Crippen LogP contribution in [0.4, 0.5) is 4.79 Å². The van der Waals surface area contributed by atoms with E-state index in [2.05, 4.69) is 20.8 Å². The van der Waals surface area contributed by atoms with Gasteiger partial charge in [-0.15, -0.1) is 0 Å². The van der Waals surface area contributed by atoms with E-state index in [0.29, 0.717) is 47.7 Å². The molecule has 1 heterocycles. The molecule has 0 aliphatic heterocycles. The van der Waals surface area contributed by atoms with Gasteiger partial charge in [0, 0.05) is 19.5 Å². The Kier molecular flexibility index (Phi) is 6.03. The zero-order chi connectivity index (χ0) is 15.9. The maximum Gasteiger partial charge on any atom is 0.314 e. The summed E-state index contributed by atoms with van der Waals surface area (Å²) in [6.07, 6.45) is 1.10. The standard InChI is InChI=1S/C14H16Cl2N4O2/c1-9-19-12(22-20-9)6-8-18-14(21)17-7-5-10-3-2-4-11(15)13(10)16/h2-4H,5-8H2,1H3,(H2,17,18,21). The van der Waals surface area contributed by atoms with Crippen molar-refractivity contribution in [2.45, 2.75) is 19.8 Å². The second-order valence-corrected chi connectivity index (χ2v) is 5.42. The lowest BCUT2D eigenvalue weighted by molar-refractivity contribution is 0.240. The molecule has 8 heteroatoms. The number of halogens is 2. The Morgan fingerprint density at radius 2 is 1.95 bits per heavy atom. The van der Waals surface area contributed by atoms with Gasteiger partial charge in [-0.2, -0.15) is 4.98 Å². The van der Waals surface area contributed by atoms with Crippen LogP contribution in [-0.4, -0.2) is 29.3 Å². The predicted octanol–water partition coefficient (Wildman–Crippen LogP) is 2.77. The topological polar surface area (TPSA) is 80.0 Å². The molecule has 1 aromatic heterocycles. The first kappa shape index (κ1) is 16.6. The van der Waals surface area contributed by atoms with Crippen LogP contribution in [0.1, 0.15) is 17.3 Å². The highest BCUT2D eigenvalue weighted by Crippen LogP contribution is 2.25. The number of hydrogen-bond acceptors (Lipinski definition) is 4. The highest BCUT2D eigenvalue weighted by Gasteiger charge is 2.06. The largest absolute Gasteiger partial charge is 0.339 e. The van der Waals surface area contributed by atoms with Crippen LogP contribution in [0.25, 0.3) is 0 Å². The third-order valence-corrected chi connectivity index (χ3v) is 3.76. The van der Waals surface area contributed by atoms with Gasteiger partial charge < -0.3 is 15.2 Å². The zero-order valence-corrected chi connectivity index (χ0v) is 13.5. The highest BCUT2D eigenvalue weighted by molar-refractivity contribution is 6.42. The number of aromatic nitrogens is 2. The van der Waals surface area contributed by atoms with Crippen molar-refractivity contribution in [2.24, 2.45) is 0 Å². The Balaban J connectivity index is 1.66. The van der Waals surface area contributed by atoms with Crippen molar-refractivity contribution < 1.29 is 9.32 Å². The molecule has 1 aromatic carbocycles. The van der Waals surface area contributed by atoms with Crippen LogP contribution >= 0.6 is 23.2 Å². The monoisotopic (exact) mass is 342 g/mol. The first-order valence-corrected chi connectivity index (χ1v) is 7.55. The van der Waals surface area contributed by atoms with Crippen LogP contribution in [0.5, 0.6) is 0 Å². The minimum atomic E-state index is -0.255. The Bertz CT molecular complexity index is 646. The molecule has 2 amide bonds. The molecule has 0 saturated carbocycles. The summed E-state index contributed by atoms with van der Waals surface area (Å²) in [5.74, 6) is 1.08. The Morgan fingerprint density at radius 3 is 2.64 bits per heavy atom. The van der Waals surface area contributed by atoms with Gasteiger partial charge in [0.15, 0.2) is 5.82 Å². The van der Waals surface area contributed by atoms with Crippen molar-refractivity contribution >= 4 is 29.2 Å². The highest BCUT2D eigenvalue weighted by atomic mass is 35.5. The maximum absolute atomic E-state index is 11.6. The van der Waals surface area contributed by atoms with Gasteiger partial charge in [0.25, 0.3) is 0 Å². The Morgan fingerprint density at radius 1 is 1.23 bits per heavy atom. The third-order valence-electron chi connectivity index (χ3n) is 2.91. The second-order valence-electron chi connectivity index (χ2n) is 4.63. The van der Waals surface area contributed by atoms with Crippen LogP contribution in [0.3, 0.4) is 0 Å². The van der Waals surface area contributed by atoms with E-state index in [9.17, 15) is 4.79 Å². The average Bonchev–Trinajstić information content (AvgIpc) is 2.89. The smallest absolute Gasteiger partial charge is 0.314 e. The van der Waals surface area contributed by atoms with Gasteiger partial charge in [-0.25, -0.2) is 4.79 Å². The lowest BCUT2D eigenvalue weighted by Gasteiger charge is -2.08. The van der Waals surface area contributed by atoms with E-state index in [1.165, 1.54) is 0 Å². The molecule has 0 unspecified atom stereocenters. The number of nitrogens with one attached hydrogen (secondary N) is 2. The number of nitrogens with zero attached hydrogens (tertiary/aromatic N) is 2. The van der Waals surface area contributed by atoms with E-state index in [-0.39, 0.29) is 6.03 Å². The molecule has 22 heavy (non-hydrogen) atoms. The fourth-order valence-electron chi connectivity index (χ4n) is 1.84.